The van der Waals surface area contributed by atoms with Gasteiger partial charge in [0.15, 0.2) is 0 Å². The van der Waals surface area contributed by atoms with Gasteiger partial charge in [0.25, 0.3) is 0 Å². The highest BCUT2D eigenvalue weighted by Crippen LogP contribution is 2.31. The minimum atomic E-state index is 0.466. The standard InChI is InChI=1S/C16H24N2/c1-9(2)14-8-11(5)12(6)18-13(7)17-15(10(3)4)16(14)18/h8-10H,1-7H3. The summed E-state index contributed by atoms with van der Waals surface area (Å²) in [6.45, 7) is 15.4. The molecule has 2 rings (SSSR count). The van der Waals surface area contributed by atoms with Crippen molar-refractivity contribution < 1.29 is 0 Å². The quantitative estimate of drug-likeness (QED) is 0.760. The molecule has 2 aromatic heterocycles. The third-order valence-corrected chi connectivity index (χ3v) is 3.79. The van der Waals surface area contributed by atoms with Crippen molar-refractivity contribution in [2.75, 3.05) is 0 Å². The van der Waals surface area contributed by atoms with E-state index in [0.717, 1.165) is 5.82 Å². The molecule has 0 radical (unpaired) electrons. The van der Waals surface area contributed by atoms with E-state index in [1.165, 1.54) is 28.0 Å². The Labute approximate surface area is 110 Å². The maximum Gasteiger partial charge on any atom is 0.110 e. The summed E-state index contributed by atoms with van der Waals surface area (Å²) in [6, 6.07) is 2.34. The van der Waals surface area contributed by atoms with Crippen LogP contribution in [0.1, 0.15) is 67.9 Å². The molecule has 2 aromatic rings. The van der Waals surface area contributed by atoms with Crippen LogP contribution in [0.4, 0.5) is 0 Å². The van der Waals surface area contributed by atoms with Gasteiger partial charge in [0.05, 0.1) is 11.2 Å². The van der Waals surface area contributed by atoms with Gasteiger partial charge >= 0.3 is 0 Å². The lowest BCUT2D eigenvalue weighted by atomic mass is 9.96. The summed E-state index contributed by atoms with van der Waals surface area (Å²) >= 11 is 0. The molecule has 0 aliphatic heterocycles. The van der Waals surface area contributed by atoms with Crippen molar-refractivity contribution in [2.45, 2.75) is 60.3 Å². The molecule has 2 heterocycles. The Morgan fingerprint density at radius 3 is 2.11 bits per heavy atom. The predicted molar refractivity (Wildman–Crippen MR) is 77.6 cm³/mol. The molecule has 0 aromatic carbocycles. The number of nitrogens with zero attached hydrogens (tertiary/aromatic N) is 2. The Bertz CT molecular complexity index is 589. The number of hydrogen-bond acceptors (Lipinski definition) is 1. The van der Waals surface area contributed by atoms with Crippen LogP contribution in [-0.2, 0) is 0 Å². The molecule has 0 aliphatic carbocycles. The SMILES string of the molecule is Cc1cc(C(C)C)c2c(C(C)C)nc(C)n2c1C. The highest BCUT2D eigenvalue weighted by molar-refractivity contribution is 5.64. The van der Waals surface area contributed by atoms with Gasteiger partial charge in [-0.25, -0.2) is 4.98 Å². The highest BCUT2D eigenvalue weighted by atomic mass is 15.0. The lowest BCUT2D eigenvalue weighted by Crippen LogP contribution is -2.03. The molecular formula is C16H24N2. The van der Waals surface area contributed by atoms with Crippen molar-refractivity contribution >= 4 is 5.52 Å². The Morgan fingerprint density at radius 1 is 1.00 bits per heavy atom. The minimum Gasteiger partial charge on any atom is -0.300 e. The van der Waals surface area contributed by atoms with Gasteiger partial charge in [0, 0.05) is 5.69 Å². The first-order valence-electron chi connectivity index (χ1n) is 6.83. The highest BCUT2D eigenvalue weighted by Gasteiger charge is 2.19. The Hall–Kier alpha value is -1.31. The lowest BCUT2D eigenvalue weighted by Gasteiger charge is -2.15. The van der Waals surface area contributed by atoms with Crippen LogP contribution in [0.25, 0.3) is 5.52 Å². The molecule has 18 heavy (non-hydrogen) atoms. The molecule has 0 aliphatic rings. The predicted octanol–water partition coefficient (Wildman–Crippen LogP) is 4.51. The number of imidazole rings is 1. The summed E-state index contributed by atoms with van der Waals surface area (Å²) in [7, 11) is 0. The van der Waals surface area contributed by atoms with E-state index in [1.807, 2.05) is 0 Å². The molecular weight excluding hydrogens is 220 g/mol. The van der Waals surface area contributed by atoms with Crippen molar-refractivity contribution in [2.24, 2.45) is 0 Å². The van der Waals surface area contributed by atoms with Crippen LogP contribution in [0.5, 0.6) is 0 Å². The van der Waals surface area contributed by atoms with Crippen LogP contribution in [-0.4, -0.2) is 9.38 Å². The fraction of sp³-hybridized carbons (Fsp3) is 0.562. The van der Waals surface area contributed by atoms with Crippen molar-refractivity contribution in [1.29, 1.82) is 0 Å². The molecule has 0 fully saturated rings. The van der Waals surface area contributed by atoms with E-state index < -0.39 is 0 Å². The Morgan fingerprint density at radius 2 is 1.61 bits per heavy atom. The minimum absolute atomic E-state index is 0.466. The zero-order valence-electron chi connectivity index (χ0n) is 12.6. The van der Waals surface area contributed by atoms with E-state index >= 15 is 0 Å². The van der Waals surface area contributed by atoms with Crippen LogP contribution < -0.4 is 0 Å². The molecule has 0 amide bonds. The van der Waals surface area contributed by atoms with Gasteiger partial charge in [-0.15, -0.1) is 0 Å². The van der Waals surface area contributed by atoms with E-state index in [0.29, 0.717) is 11.8 Å². The number of rotatable bonds is 2. The summed E-state index contributed by atoms with van der Waals surface area (Å²) < 4.78 is 2.33. The molecule has 2 nitrogen and oxygen atoms in total. The molecule has 0 saturated carbocycles. The van der Waals surface area contributed by atoms with Crippen LogP contribution >= 0.6 is 0 Å². The van der Waals surface area contributed by atoms with Crippen LogP contribution in [0.2, 0.25) is 0 Å². The first-order chi connectivity index (χ1) is 8.34. The Kier molecular flexibility index (Phi) is 3.22. The van der Waals surface area contributed by atoms with Gasteiger partial charge in [0.2, 0.25) is 0 Å². The first kappa shape index (κ1) is 13.1. The molecule has 0 unspecified atom stereocenters. The van der Waals surface area contributed by atoms with Gasteiger partial charge in [-0.2, -0.15) is 0 Å². The lowest BCUT2D eigenvalue weighted by molar-refractivity contribution is 0.826. The fourth-order valence-electron chi connectivity index (χ4n) is 2.67. The zero-order valence-corrected chi connectivity index (χ0v) is 12.6. The molecule has 0 saturated heterocycles. The van der Waals surface area contributed by atoms with Crippen LogP contribution in [0.15, 0.2) is 6.07 Å². The smallest absolute Gasteiger partial charge is 0.110 e. The maximum absolute atomic E-state index is 4.80. The second-order valence-electron chi connectivity index (χ2n) is 5.91. The molecule has 0 N–H and O–H groups in total. The zero-order chi connectivity index (χ0) is 13.6. The van der Waals surface area contributed by atoms with Crippen LogP contribution in [0.3, 0.4) is 0 Å². The second kappa shape index (κ2) is 4.42. The number of aromatic nitrogens is 2. The van der Waals surface area contributed by atoms with E-state index in [4.69, 9.17) is 4.98 Å². The van der Waals surface area contributed by atoms with E-state index in [1.54, 1.807) is 0 Å². The van der Waals surface area contributed by atoms with E-state index in [-0.39, 0.29) is 0 Å². The summed E-state index contributed by atoms with van der Waals surface area (Å²) in [5, 5.41) is 0. The monoisotopic (exact) mass is 244 g/mol. The summed E-state index contributed by atoms with van der Waals surface area (Å²) in [4.78, 5) is 4.80. The van der Waals surface area contributed by atoms with Crippen molar-refractivity contribution in [3.63, 3.8) is 0 Å². The van der Waals surface area contributed by atoms with Gasteiger partial charge in [-0.3, -0.25) is 0 Å². The Balaban J connectivity index is 2.97. The van der Waals surface area contributed by atoms with E-state index in [9.17, 15) is 0 Å². The summed E-state index contributed by atoms with van der Waals surface area (Å²) in [6.07, 6.45) is 0. The second-order valence-corrected chi connectivity index (χ2v) is 5.91. The van der Waals surface area contributed by atoms with Gasteiger partial charge in [-0.1, -0.05) is 33.8 Å². The third kappa shape index (κ3) is 1.84. The van der Waals surface area contributed by atoms with Crippen LogP contribution in [0, 0.1) is 20.8 Å². The molecule has 0 atom stereocenters. The number of hydrogen-bond donors (Lipinski definition) is 0. The van der Waals surface area contributed by atoms with Crippen molar-refractivity contribution in [3.05, 3.63) is 34.4 Å². The molecule has 0 spiro atoms. The summed E-state index contributed by atoms with van der Waals surface area (Å²) in [5.74, 6) is 2.10. The first-order valence-corrected chi connectivity index (χ1v) is 6.83. The molecule has 0 bridgehead atoms. The fourth-order valence-corrected chi connectivity index (χ4v) is 2.67. The van der Waals surface area contributed by atoms with Gasteiger partial charge in [-0.05, 0) is 43.7 Å². The average Bonchev–Trinajstić information content (AvgIpc) is 2.61. The largest absolute Gasteiger partial charge is 0.300 e. The maximum atomic E-state index is 4.80. The number of aryl methyl sites for hydroxylation is 3. The molecule has 2 heteroatoms. The average molecular weight is 244 g/mol. The number of fused-ring (bicyclic) bond motifs is 1. The topological polar surface area (TPSA) is 17.3 Å². The normalized spacial score (nSPS) is 12.1. The van der Waals surface area contributed by atoms with Crippen molar-refractivity contribution in [1.82, 2.24) is 9.38 Å². The third-order valence-electron chi connectivity index (χ3n) is 3.79. The van der Waals surface area contributed by atoms with Gasteiger partial charge < -0.3 is 4.40 Å². The van der Waals surface area contributed by atoms with E-state index in [2.05, 4.69) is 58.9 Å². The van der Waals surface area contributed by atoms with Gasteiger partial charge in [0.1, 0.15) is 5.82 Å². The molecule has 98 valence electrons. The summed E-state index contributed by atoms with van der Waals surface area (Å²) in [5.41, 5.74) is 6.65. The van der Waals surface area contributed by atoms with Crippen molar-refractivity contribution in [3.8, 4) is 0 Å². The number of pyridine rings is 1.